The maximum Gasteiger partial charge on any atom is 0.338 e. The number of methoxy groups -OCH3 is 1. The van der Waals surface area contributed by atoms with Gasteiger partial charge in [0.2, 0.25) is 5.78 Å². The van der Waals surface area contributed by atoms with Crippen LogP contribution >= 0.6 is 0 Å². The Morgan fingerprint density at radius 3 is 2.06 bits per heavy atom. The minimum absolute atomic E-state index is 0.00383. The zero-order valence-corrected chi connectivity index (χ0v) is 18.7. The summed E-state index contributed by atoms with van der Waals surface area (Å²) in [6, 6.07) is 20.6. The molecule has 0 spiro atoms. The lowest BCUT2D eigenvalue weighted by Gasteiger charge is -2.21. The van der Waals surface area contributed by atoms with Crippen LogP contribution in [-0.4, -0.2) is 40.4 Å². The first kappa shape index (κ1) is 23.0. The molecule has 0 aliphatic rings. The number of benzene rings is 3. The van der Waals surface area contributed by atoms with Crippen molar-refractivity contribution in [2.45, 2.75) is 17.9 Å². The van der Waals surface area contributed by atoms with Gasteiger partial charge in [-0.3, -0.25) is 9.10 Å². The number of sulfonamides is 1. The largest absolute Gasteiger partial charge is 0.495 e. The molecule has 0 aliphatic carbocycles. The summed E-state index contributed by atoms with van der Waals surface area (Å²) in [4.78, 5) is 24.8. The smallest absolute Gasteiger partial charge is 0.338 e. The number of ketones is 1. The van der Waals surface area contributed by atoms with E-state index in [0.717, 1.165) is 4.31 Å². The van der Waals surface area contributed by atoms with Gasteiger partial charge < -0.3 is 9.47 Å². The molecule has 0 amide bonds. The second-order valence-electron chi connectivity index (χ2n) is 6.95. The van der Waals surface area contributed by atoms with Crippen LogP contribution in [0.4, 0.5) is 5.69 Å². The fraction of sp³-hybridized carbons (Fsp3) is 0.167. The first-order chi connectivity index (χ1) is 15.3. The fourth-order valence-electron chi connectivity index (χ4n) is 3.06. The zero-order chi connectivity index (χ0) is 23.3. The van der Waals surface area contributed by atoms with Crippen LogP contribution in [0.2, 0.25) is 0 Å². The molecule has 3 rings (SSSR count). The van der Waals surface area contributed by atoms with Gasteiger partial charge in [0.1, 0.15) is 5.75 Å². The Kier molecular flexibility index (Phi) is 6.95. The van der Waals surface area contributed by atoms with Crippen molar-refractivity contribution in [1.82, 2.24) is 0 Å². The van der Waals surface area contributed by atoms with Crippen LogP contribution in [0, 0.1) is 0 Å². The minimum atomic E-state index is -3.89. The molecule has 3 aromatic rings. The van der Waals surface area contributed by atoms with E-state index >= 15 is 0 Å². The summed E-state index contributed by atoms with van der Waals surface area (Å²) in [6.45, 7) is 1.49. The highest BCUT2D eigenvalue weighted by atomic mass is 32.2. The average molecular weight is 454 g/mol. The molecule has 0 aromatic heterocycles. The van der Waals surface area contributed by atoms with Crippen molar-refractivity contribution in [2.24, 2.45) is 0 Å². The van der Waals surface area contributed by atoms with E-state index in [1.54, 1.807) is 54.6 Å². The van der Waals surface area contributed by atoms with Crippen LogP contribution in [0.5, 0.6) is 5.75 Å². The van der Waals surface area contributed by atoms with Crippen molar-refractivity contribution in [3.8, 4) is 5.75 Å². The molecule has 166 valence electrons. The molecule has 7 nitrogen and oxygen atoms in total. The number of nitrogens with zero attached hydrogens (tertiary/aromatic N) is 1. The maximum atomic E-state index is 13.0. The van der Waals surface area contributed by atoms with E-state index in [-0.39, 0.29) is 16.2 Å². The van der Waals surface area contributed by atoms with Gasteiger partial charge in [0.15, 0.2) is 6.10 Å². The highest BCUT2D eigenvalue weighted by molar-refractivity contribution is 7.92. The standard InChI is InChI=1S/C24H23NO6S/c1-17(23(26)18-9-5-4-6-10-18)31-24(27)19-13-15-20(16-14-19)32(28,29)25(2)21-11-7-8-12-22(21)30-3/h4-17H,1-3H3/t17-/m0/s1. The van der Waals surface area contributed by atoms with Gasteiger partial charge in [0.25, 0.3) is 10.0 Å². The molecule has 0 saturated heterocycles. The third-order valence-electron chi connectivity index (χ3n) is 4.88. The molecule has 1 atom stereocenters. The van der Waals surface area contributed by atoms with E-state index in [1.807, 2.05) is 0 Å². The van der Waals surface area contributed by atoms with Gasteiger partial charge in [0.05, 0.1) is 23.3 Å². The third kappa shape index (κ3) is 4.81. The number of carbonyl (C=O) groups is 2. The summed E-state index contributed by atoms with van der Waals surface area (Å²) in [5, 5.41) is 0. The van der Waals surface area contributed by atoms with Crippen LogP contribution in [0.3, 0.4) is 0 Å². The van der Waals surface area contributed by atoms with E-state index in [0.29, 0.717) is 17.0 Å². The topological polar surface area (TPSA) is 90.0 Å². The predicted molar refractivity (Wildman–Crippen MR) is 121 cm³/mol. The first-order valence-electron chi connectivity index (χ1n) is 9.78. The van der Waals surface area contributed by atoms with Gasteiger partial charge in [-0.25, -0.2) is 13.2 Å². The van der Waals surface area contributed by atoms with Crippen molar-refractivity contribution in [2.75, 3.05) is 18.5 Å². The number of hydrogen-bond acceptors (Lipinski definition) is 6. The van der Waals surface area contributed by atoms with Crippen molar-refractivity contribution in [3.05, 3.63) is 90.0 Å². The number of ether oxygens (including phenoxy) is 2. The lowest BCUT2D eigenvalue weighted by molar-refractivity contribution is 0.0318. The molecule has 0 saturated carbocycles. The molecule has 0 unspecified atom stereocenters. The zero-order valence-electron chi connectivity index (χ0n) is 17.9. The van der Waals surface area contributed by atoms with Gasteiger partial charge >= 0.3 is 5.97 Å². The van der Waals surface area contributed by atoms with Crippen LogP contribution in [0.15, 0.2) is 83.8 Å². The van der Waals surface area contributed by atoms with Crippen LogP contribution in [0.1, 0.15) is 27.6 Å². The maximum absolute atomic E-state index is 13.0. The number of carbonyl (C=O) groups excluding carboxylic acids is 2. The van der Waals surface area contributed by atoms with Crippen LogP contribution in [0.25, 0.3) is 0 Å². The van der Waals surface area contributed by atoms with Crippen molar-refractivity contribution in [3.63, 3.8) is 0 Å². The molecule has 32 heavy (non-hydrogen) atoms. The fourth-order valence-corrected chi connectivity index (χ4v) is 4.27. The quantitative estimate of drug-likeness (QED) is 0.379. The monoisotopic (exact) mass is 453 g/mol. The molecular weight excluding hydrogens is 430 g/mol. The third-order valence-corrected chi connectivity index (χ3v) is 6.67. The molecular formula is C24H23NO6S. The summed E-state index contributed by atoms with van der Waals surface area (Å²) in [7, 11) is -1.01. The first-order valence-corrected chi connectivity index (χ1v) is 11.2. The Hall–Kier alpha value is -3.65. The Bertz CT molecular complexity index is 1210. The summed E-state index contributed by atoms with van der Waals surface area (Å²) in [6.07, 6.45) is -0.981. The van der Waals surface area contributed by atoms with E-state index in [4.69, 9.17) is 9.47 Å². The van der Waals surface area contributed by atoms with E-state index < -0.39 is 22.1 Å². The Balaban J connectivity index is 1.75. The van der Waals surface area contributed by atoms with Crippen LogP contribution in [-0.2, 0) is 14.8 Å². The molecule has 0 fully saturated rings. The molecule has 0 bridgehead atoms. The van der Waals surface area contributed by atoms with Gasteiger partial charge in [-0.1, -0.05) is 42.5 Å². The van der Waals surface area contributed by atoms with Gasteiger partial charge in [0, 0.05) is 12.6 Å². The average Bonchev–Trinajstić information content (AvgIpc) is 2.83. The Labute approximate surface area is 187 Å². The Morgan fingerprint density at radius 1 is 0.844 bits per heavy atom. The van der Waals surface area contributed by atoms with Crippen molar-refractivity contribution in [1.29, 1.82) is 0 Å². The van der Waals surface area contributed by atoms with E-state index in [9.17, 15) is 18.0 Å². The number of esters is 1. The van der Waals surface area contributed by atoms with Crippen molar-refractivity contribution >= 4 is 27.5 Å². The number of hydrogen-bond donors (Lipinski definition) is 0. The van der Waals surface area contributed by atoms with Gasteiger partial charge in [-0.15, -0.1) is 0 Å². The minimum Gasteiger partial charge on any atom is -0.495 e. The summed E-state index contributed by atoms with van der Waals surface area (Å²) in [5.74, 6) is -0.628. The molecule has 0 N–H and O–H groups in total. The van der Waals surface area contributed by atoms with E-state index in [1.165, 1.54) is 45.3 Å². The number of rotatable bonds is 8. The lowest BCUT2D eigenvalue weighted by atomic mass is 10.1. The van der Waals surface area contributed by atoms with Gasteiger partial charge in [-0.2, -0.15) is 0 Å². The lowest BCUT2D eigenvalue weighted by Crippen LogP contribution is -2.27. The second-order valence-corrected chi connectivity index (χ2v) is 8.92. The summed E-state index contributed by atoms with van der Waals surface area (Å²) in [5.41, 5.74) is 0.956. The summed E-state index contributed by atoms with van der Waals surface area (Å²) >= 11 is 0. The van der Waals surface area contributed by atoms with E-state index in [2.05, 4.69) is 0 Å². The molecule has 8 heteroatoms. The van der Waals surface area contributed by atoms with Gasteiger partial charge in [-0.05, 0) is 43.3 Å². The molecule has 0 heterocycles. The normalized spacial score (nSPS) is 12.0. The highest BCUT2D eigenvalue weighted by Crippen LogP contribution is 2.30. The van der Waals surface area contributed by atoms with Crippen LogP contribution < -0.4 is 9.04 Å². The SMILES string of the molecule is COc1ccccc1N(C)S(=O)(=O)c1ccc(C(=O)O[C@@H](C)C(=O)c2ccccc2)cc1. The number of para-hydroxylation sites is 2. The molecule has 0 aliphatic heterocycles. The number of anilines is 1. The second kappa shape index (κ2) is 9.65. The summed E-state index contributed by atoms with van der Waals surface area (Å²) < 4.78 is 37.6. The Morgan fingerprint density at radius 2 is 1.44 bits per heavy atom. The number of Topliss-reactive ketones (excluding diaryl/α,β-unsaturated/α-hetero) is 1. The predicted octanol–water partition coefficient (Wildman–Crippen LogP) is 3.95. The van der Waals surface area contributed by atoms with Crippen molar-refractivity contribution < 1.29 is 27.5 Å². The highest BCUT2D eigenvalue weighted by Gasteiger charge is 2.25. The molecule has 3 aromatic carbocycles. The molecule has 0 radical (unpaired) electrons.